The van der Waals surface area contributed by atoms with Crippen molar-refractivity contribution in [2.75, 3.05) is 0 Å². The van der Waals surface area contributed by atoms with E-state index in [0.717, 1.165) is 18.1 Å². The molecule has 94 valence electrons. The number of nitrogens with one attached hydrogen (secondary N) is 1. The molecule has 1 aliphatic rings. The fraction of sp³-hybridized carbons (Fsp3) is 0.467. The zero-order valence-corrected chi connectivity index (χ0v) is 10.8. The number of aromatic amines is 1. The van der Waals surface area contributed by atoms with Crippen LogP contribution in [0.4, 0.5) is 0 Å². The highest BCUT2D eigenvalue weighted by atomic mass is 15.2. The van der Waals surface area contributed by atoms with Gasteiger partial charge in [0, 0.05) is 12.3 Å². The standard InChI is InChI=1S/C15H19N3/c1-11-6-8-12(9-7-11)10-14-16-15(18-17-14)13-4-2-3-5-13/h6-9,13H,2-5,10H2,1H3,(H,16,17,18). The third kappa shape index (κ3) is 2.45. The summed E-state index contributed by atoms with van der Waals surface area (Å²) in [6, 6.07) is 8.60. The molecule has 2 aromatic rings. The molecule has 1 aromatic carbocycles. The Morgan fingerprint density at radius 3 is 2.61 bits per heavy atom. The molecular formula is C15H19N3. The van der Waals surface area contributed by atoms with E-state index in [1.54, 1.807) is 0 Å². The van der Waals surface area contributed by atoms with Crippen molar-refractivity contribution in [2.45, 2.75) is 44.9 Å². The summed E-state index contributed by atoms with van der Waals surface area (Å²) in [4.78, 5) is 4.64. The number of aromatic nitrogens is 3. The van der Waals surface area contributed by atoms with Crippen LogP contribution >= 0.6 is 0 Å². The van der Waals surface area contributed by atoms with Gasteiger partial charge in [-0.2, -0.15) is 5.10 Å². The van der Waals surface area contributed by atoms with Crippen molar-refractivity contribution < 1.29 is 0 Å². The second-order valence-corrected chi connectivity index (χ2v) is 5.28. The topological polar surface area (TPSA) is 41.6 Å². The quantitative estimate of drug-likeness (QED) is 0.895. The van der Waals surface area contributed by atoms with E-state index in [-0.39, 0.29) is 0 Å². The molecule has 1 fully saturated rings. The lowest BCUT2D eigenvalue weighted by molar-refractivity contribution is 0.671. The molecule has 0 aliphatic heterocycles. The normalized spacial score (nSPS) is 16.3. The van der Waals surface area contributed by atoms with Gasteiger partial charge in [-0.3, -0.25) is 5.10 Å². The zero-order chi connectivity index (χ0) is 12.4. The highest BCUT2D eigenvalue weighted by Gasteiger charge is 2.20. The summed E-state index contributed by atoms with van der Waals surface area (Å²) in [7, 11) is 0. The molecule has 3 rings (SSSR count). The number of hydrogen-bond donors (Lipinski definition) is 1. The van der Waals surface area contributed by atoms with Crippen LogP contribution in [0.1, 0.15) is 54.4 Å². The van der Waals surface area contributed by atoms with Crippen molar-refractivity contribution in [3.8, 4) is 0 Å². The molecule has 1 aromatic heterocycles. The Balaban J connectivity index is 1.71. The van der Waals surface area contributed by atoms with Crippen molar-refractivity contribution in [1.29, 1.82) is 0 Å². The molecule has 18 heavy (non-hydrogen) atoms. The van der Waals surface area contributed by atoms with Crippen molar-refractivity contribution in [1.82, 2.24) is 15.2 Å². The van der Waals surface area contributed by atoms with E-state index in [4.69, 9.17) is 0 Å². The third-order valence-corrected chi connectivity index (χ3v) is 3.76. The largest absolute Gasteiger partial charge is 0.263 e. The van der Waals surface area contributed by atoms with Gasteiger partial charge in [-0.25, -0.2) is 4.98 Å². The van der Waals surface area contributed by atoms with Gasteiger partial charge in [-0.1, -0.05) is 42.7 Å². The van der Waals surface area contributed by atoms with Crippen molar-refractivity contribution in [3.05, 3.63) is 47.0 Å². The van der Waals surface area contributed by atoms with Gasteiger partial charge in [0.2, 0.25) is 0 Å². The maximum absolute atomic E-state index is 4.64. The average molecular weight is 241 g/mol. The number of benzene rings is 1. The number of rotatable bonds is 3. The molecular weight excluding hydrogens is 222 g/mol. The highest BCUT2D eigenvalue weighted by Crippen LogP contribution is 2.31. The molecule has 0 radical (unpaired) electrons. The first-order valence-corrected chi connectivity index (χ1v) is 6.78. The van der Waals surface area contributed by atoms with Crippen LogP contribution in [0.2, 0.25) is 0 Å². The Hall–Kier alpha value is -1.64. The number of hydrogen-bond acceptors (Lipinski definition) is 2. The van der Waals surface area contributed by atoms with Crippen molar-refractivity contribution >= 4 is 0 Å². The fourth-order valence-electron chi connectivity index (χ4n) is 2.65. The monoisotopic (exact) mass is 241 g/mol. The van der Waals surface area contributed by atoms with Crippen LogP contribution in [0.25, 0.3) is 0 Å². The average Bonchev–Trinajstić information content (AvgIpc) is 3.02. The van der Waals surface area contributed by atoms with E-state index in [9.17, 15) is 0 Å². The lowest BCUT2D eigenvalue weighted by Crippen LogP contribution is -1.95. The fourth-order valence-corrected chi connectivity index (χ4v) is 2.65. The second kappa shape index (κ2) is 4.92. The summed E-state index contributed by atoms with van der Waals surface area (Å²) in [6.45, 7) is 2.11. The molecule has 1 saturated carbocycles. The van der Waals surface area contributed by atoms with Crippen LogP contribution in [0.15, 0.2) is 24.3 Å². The van der Waals surface area contributed by atoms with E-state index in [1.165, 1.54) is 36.8 Å². The Morgan fingerprint density at radius 2 is 1.89 bits per heavy atom. The molecule has 0 spiro atoms. The maximum Gasteiger partial charge on any atom is 0.153 e. The van der Waals surface area contributed by atoms with Crippen LogP contribution in [-0.2, 0) is 6.42 Å². The summed E-state index contributed by atoms with van der Waals surface area (Å²) in [5.74, 6) is 2.60. The van der Waals surface area contributed by atoms with Crippen LogP contribution < -0.4 is 0 Å². The van der Waals surface area contributed by atoms with Crippen LogP contribution in [-0.4, -0.2) is 15.2 Å². The molecule has 0 bridgehead atoms. The van der Waals surface area contributed by atoms with Gasteiger partial charge in [-0.05, 0) is 25.3 Å². The number of H-pyrrole nitrogens is 1. The first kappa shape index (κ1) is 11.5. The SMILES string of the molecule is Cc1ccc(Cc2nc(C3CCCC3)n[nH]2)cc1. The van der Waals surface area contributed by atoms with Gasteiger partial charge >= 0.3 is 0 Å². The van der Waals surface area contributed by atoms with Crippen molar-refractivity contribution in [3.63, 3.8) is 0 Å². The van der Waals surface area contributed by atoms with Crippen molar-refractivity contribution in [2.24, 2.45) is 0 Å². The molecule has 0 atom stereocenters. The van der Waals surface area contributed by atoms with E-state index >= 15 is 0 Å². The highest BCUT2D eigenvalue weighted by molar-refractivity contribution is 5.23. The Bertz CT molecular complexity index is 507. The molecule has 0 unspecified atom stereocenters. The van der Waals surface area contributed by atoms with Gasteiger partial charge in [0.05, 0.1) is 0 Å². The summed E-state index contributed by atoms with van der Waals surface area (Å²) in [5, 5.41) is 7.46. The summed E-state index contributed by atoms with van der Waals surface area (Å²) < 4.78 is 0. The van der Waals surface area contributed by atoms with Crippen LogP contribution in [0.5, 0.6) is 0 Å². The minimum absolute atomic E-state index is 0.591. The summed E-state index contributed by atoms with van der Waals surface area (Å²) in [6.07, 6.45) is 6.00. The molecule has 1 aliphatic carbocycles. The summed E-state index contributed by atoms with van der Waals surface area (Å²) in [5.41, 5.74) is 2.58. The molecule has 1 N–H and O–H groups in total. The predicted octanol–water partition coefficient (Wildman–Crippen LogP) is 3.36. The van der Waals surface area contributed by atoms with Crippen LogP contribution in [0.3, 0.4) is 0 Å². The molecule has 1 heterocycles. The van der Waals surface area contributed by atoms with Gasteiger partial charge in [0.15, 0.2) is 5.82 Å². The van der Waals surface area contributed by atoms with Gasteiger partial charge < -0.3 is 0 Å². The Kier molecular flexibility index (Phi) is 3.13. The Labute approximate surface area is 108 Å². The zero-order valence-electron chi connectivity index (χ0n) is 10.8. The van der Waals surface area contributed by atoms with Gasteiger partial charge in [0.25, 0.3) is 0 Å². The third-order valence-electron chi connectivity index (χ3n) is 3.76. The molecule has 3 nitrogen and oxygen atoms in total. The lowest BCUT2D eigenvalue weighted by atomic mass is 10.1. The minimum Gasteiger partial charge on any atom is -0.263 e. The predicted molar refractivity (Wildman–Crippen MR) is 71.6 cm³/mol. The first-order valence-electron chi connectivity index (χ1n) is 6.78. The van der Waals surface area contributed by atoms with E-state index in [1.807, 2.05) is 0 Å². The van der Waals surface area contributed by atoms with Gasteiger partial charge in [0.1, 0.15) is 5.82 Å². The van der Waals surface area contributed by atoms with E-state index < -0.39 is 0 Å². The van der Waals surface area contributed by atoms with Crippen LogP contribution in [0, 0.1) is 6.92 Å². The lowest BCUT2D eigenvalue weighted by Gasteiger charge is -2.01. The maximum atomic E-state index is 4.64. The number of aryl methyl sites for hydroxylation is 1. The van der Waals surface area contributed by atoms with E-state index in [0.29, 0.717) is 5.92 Å². The molecule has 0 amide bonds. The number of nitrogens with zero attached hydrogens (tertiary/aromatic N) is 2. The second-order valence-electron chi connectivity index (χ2n) is 5.28. The smallest absolute Gasteiger partial charge is 0.153 e. The first-order chi connectivity index (χ1) is 8.81. The Morgan fingerprint density at radius 1 is 1.17 bits per heavy atom. The molecule has 0 saturated heterocycles. The summed E-state index contributed by atoms with van der Waals surface area (Å²) >= 11 is 0. The van der Waals surface area contributed by atoms with Gasteiger partial charge in [-0.15, -0.1) is 0 Å². The molecule has 3 heteroatoms. The van der Waals surface area contributed by atoms with E-state index in [2.05, 4.69) is 46.4 Å². The minimum atomic E-state index is 0.591.